The molecular weight excluding hydrogens is 228 g/mol. The Morgan fingerprint density at radius 2 is 2.39 bits per heavy atom. The maximum Gasteiger partial charge on any atom is 0.234 e. The van der Waals surface area contributed by atoms with Crippen molar-refractivity contribution in [1.29, 1.82) is 0 Å². The van der Waals surface area contributed by atoms with Crippen molar-refractivity contribution in [2.24, 2.45) is 0 Å². The van der Waals surface area contributed by atoms with E-state index < -0.39 is 0 Å². The van der Waals surface area contributed by atoms with Crippen molar-refractivity contribution in [3.63, 3.8) is 0 Å². The summed E-state index contributed by atoms with van der Waals surface area (Å²) in [7, 11) is 0. The van der Waals surface area contributed by atoms with Gasteiger partial charge in [-0.1, -0.05) is 29.8 Å². The topological polar surface area (TPSA) is 52.6 Å². The number of β-amino-alcohol motifs (C(OH)–C–C–N with tert-alkyl or cyclic N) is 1. The van der Waals surface area contributed by atoms with E-state index >= 15 is 0 Å². The zero-order chi connectivity index (χ0) is 13.0. The number of likely N-dealkylation sites (tertiary alicyclic amines) is 1. The molecule has 0 radical (unpaired) electrons. The first-order valence-electron chi connectivity index (χ1n) is 6.36. The molecule has 0 aromatic heterocycles. The van der Waals surface area contributed by atoms with E-state index in [2.05, 4.69) is 11.4 Å². The highest BCUT2D eigenvalue weighted by molar-refractivity contribution is 5.78. The first kappa shape index (κ1) is 13.1. The molecule has 0 saturated carbocycles. The van der Waals surface area contributed by atoms with E-state index in [-0.39, 0.29) is 12.0 Å². The van der Waals surface area contributed by atoms with Gasteiger partial charge in [0.2, 0.25) is 5.91 Å². The summed E-state index contributed by atoms with van der Waals surface area (Å²) < 4.78 is 0. The minimum absolute atomic E-state index is 0.0191. The zero-order valence-corrected chi connectivity index (χ0v) is 10.7. The lowest BCUT2D eigenvalue weighted by Gasteiger charge is -2.14. The molecule has 1 aromatic carbocycles. The largest absolute Gasteiger partial charge is 0.392 e. The molecule has 98 valence electrons. The third kappa shape index (κ3) is 3.82. The number of carbonyl (C=O) groups excluding carboxylic acids is 1. The number of nitrogens with zero attached hydrogens (tertiary/aromatic N) is 1. The summed E-state index contributed by atoms with van der Waals surface area (Å²) in [6, 6.07) is 8.11. The van der Waals surface area contributed by atoms with Crippen LogP contribution in [0.2, 0.25) is 0 Å². The van der Waals surface area contributed by atoms with Crippen LogP contribution in [0.4, 0.5) is 0 Å². The maximum atomic E-state index is 11.7. The lowest BCUT2D eigenvalue weighted by Crippen LogP contribution is -2.36. The lowest BCUT2D eigenvalue weighted by molar-refractivity contribution is -0.122. The molecule has 0 unspecified atom stereocenters. The number of amides is 1. The maximum absolute atomic E-state index is 11.7. The molecule has 4 nitrogen and oxygen atoms in total. The molecule has 1 aliphatic rings. The van der Waals surface area contributed by atoms with Crippen molar-refractivity contribution in [2.45, 2.75) is 26.0 Å². The average Bonchev–Trinajstić information content (AvgIpc) is 2.72. The van der Waals surface area contributed by atoms with Gasteiger partial charge in [0.15, 0.2) is 0 Å². The predicted octanol–water partition coefficient (Wildman–Crippen LogP) is 0.678. The second-order valence-corrected chi connectivity index (χ2v) is 4.94. The highest BCUT2D eigenvalue weighted by atomic mass is 16.3. The Morgan fingerprint density at radius 1 is 1.56 bits per heavy atom. The molecular formula is C14H20N2O2. The molecule has 4 heteroatoms. The Hall–Kier alpha value is -1.39. The van der Waals surface area contributed by atoms with Crippen molar-refractivity contribution in [3.8, 4) is 0 Å². The van der Waals surface area contributed by atoms with Crippen LogP contribution in [0, 0.1) is 6.92 Å². The van der Waals surface area contributed by atoms with Crippen molar-refractivity contribution >= 4 is 5.91 Å². The molecule has 0 aliphatic carbocycles. The number of hydrogen-bond acceptors (Lipinski definition) is 3. The van der Waals surface area contributed by atoms with Gasteiger partial charge in [-0.3, -0.25) is 9.69 Å². The third-order valence-electron chi connectivity index (χ3n) is 3.19. The molecule has 1 aromatic rings. The van der Waals surface area contributed by atoms with Gasteiger partial charge in [0.05, 0.1) is 12.6 Å². The van der Waals surface area contributed by atoms with Crippen LogP contribution < -0.4 is 5.32 Å². The molecule has 2 rings (SSSR count). The monoisotopic (exact) mass is 248 g/mol. The Balaban J connectivity index is 1.75. The fraction of sp³-hybridized carbons (Fsp3) is 0.500. The van der Waals surface area contributed by atoms with E-state index in [0.717, 1.165) is 18.5 Å². The number of hydrogen-bond donors (Lipinski definition) is 2. The van der Waals surface area contributed by atoms with E-state index in [0.29, 0.717) is 19.6 Å². The van der Waals surface area contributed by atoms with Crippen LogP contribution in [0.15, 0.2) is 24.3 Å². The second kappa shape index (κ2) is 5.98. The summed E-state index contributed by atoms with van der Waals surface area (Å²) >= 11 is 0. The predicted molar refractivity (Wildman–Crippen MR) is 70.1 cm³/mol. The van der Waals surface area contributed by atoms with E-state index in [9.17, 15) is 9.90 Å². The van der Waals surface area contributed by atoms with E-state index in [4.69, 9.17) is 0 Å². The van der Waals surface area contributed by atoms with Gasteiger partial charge in [-0.05, 0) is 18.9 Å². The molecule has 1 heterocycles. The van der Waals surface area contributed by atoms with Crippen LogP contribution >= 0.6 is 0 Å². The molecule has 2 N–H and O–H groups in total. The number of carbonyl (C=O) groups is 1. The summed E-state index contributed by atoms with van der Waals surface area (Å²) in [5.41, 5.74) is 2.31. The molecule has 1 aliphatic heterocycles. The molecule has 0 spiro atoms. The van der Waals surface area contributed by atoms with Crippen molar-refractivity contribution < 1.29 is 9.90 Å². The number of aliphatic hydroxyl groups is 1. The van der Waals surface area contributed by atoms with E-state index in [1.165, 1.54) is 5.56 Å². The Kier molecular flexibility index (Phi) is 4.33. The Labute approximate surface area is 108 Å². The Bertz CT molecular complexity index is 420. The van der Waals surface area contributed by atoms with Gasteiger partial charge >= 0.3 is 0 Å². The van der Waals surface area contributed by atoms with E-state index in [1.54, 1.807) is 0 Å². The van der Waals surface area contributed by atoms with Gasteiger partial charge < -0.3 is 10.4 Å². The van der Waals surface area contributed by atoms with Gasteiger partial charge in [-0.25, -0.2) is 0 Å². The molecule has 0 bridgehead atoms. The minimum atomic E-state index is -0.269. The van der Waals surface area contributed by atoms with E-state index in [1.807, 2.05) is 30.0 Å². The number of rotatable bonds is 4. The quantitative estimate of drug-likeness (QED) is 0.824. The number of aliphatic hydroxyl groups excluding tert-OH is 1. The average molecular weight is 248 g/mol. The molecule has 1 saturated heterocycles. The second-order valence-electron chi connectivity index (χ2n) is 4.94. The fourth-order valence-corrected chi connectivity index (χ4v) is 2.24. The van der Waals surface area contributed by atoms with Gasteiger partial charge in [0.1, 0.15) is 0 Å². The molecule has 1 amide bonds. The summed E-state index contributed by atoms with van der Waals surface area (Å²) in [6.07, 6.45) is 0.500. The van der Waals surface area contributed by atoms with Crippen LogP contribution in [-0.4, -0.2) is 41.7 Å². The van der Waals surface area contributed by atoms with Crippen LogP contribution in [0.5, 0.6) is 0 Å². The highest BCUT2D eigenvalue weighted by Crippen LogP contribution is 2.08. The summed E-state index contributed by atoms with van der Waals surface area (Å²) in [4.78, 5) is 13.7. The standard InChI is InChI=1S/C14H20N2O2/c1-11-3-2-4-12(7-11)8-15-14(18)10-16-6-5-13(17)9-16/h2-4,7,13,17H,5-6,8-10H2,1H3,(H,15,18)/t13-/m1/s1. The number of nitrogens with one attached hydrogen (secondary N) is 1. The van der Waals surface area contributed by atoms with Crippen LogP contribution in [0.25, 0.3) is 0 Å². The summed E-state index contributed by atoms with van der Waals surface area (Å²) in [5, 5.41) is 12.3. The smallest absolute Gasteiger partial charge is 0.234 e. The Morgan fingerprint density at radius 3 is 3.06 bits per heavy atom. The first-order valence-corrected chi connectivity index (χ1v) is 6.36. The summed E-state index contributed by atoms with van der Waals surface area (Å²) in [6.45, 7) is 4.40. The zero-order valence-electron chi connectivity index (χ0n) is 10.7. The number of aryl methyl sites for hydroxylation is 1. The van der Waals surface area contributed by atoms with Crippen molar-refractivity contribution in [3.05, 3.63) is 35.4 Å². The minimum Gasteiger partial charge on any atom is -0.392 e. The van der Waals surface area contributed by atoms with Crippen LogP contribution in [0.1, 0.15) is 17.5 Å². The van der Waals surface area contributed by atoms with Gasteiger partial charge in [0.25, 0.3) is 0 Å². The fourth-order valence-electron chi connectivity index (χ4n) is 2.24. The lowest BCUT2D eigenvalue weighted by atomic mass is 10.1. The normalized spacial score (nSPS) is 20.0. The van der Waals surface area contributed by atoms with Gasteiger partial charge in [-0.15, -0.1) is 0 Å². The van der Waals surface area contributed by atoms with Crippen molar-refractivity contribution in [2.75, 3.05) is 19.6 Å². The SMILES string of the molecule is Cc1cccc(CNC(=O)CN2CC[C@@H](O)C2)c1. The van der Waals surface area contributed by atoms with Gasteiger partial charge in [-0.2, -0.15) is 0 Å². The van der Waals surface area contributed by atoms with Crippen LogP contribution in [0.3, 0.4) is 0 Å². The van der Waals surface area contributed by atoms with Crippen LogP contribution in [-0.2, 0) is 11.3 Å². The molecule has 18 heavy (non-hydrogen) atoms. The first-order chi connectivity index (χ1) is 8.63. The summed E-state index contributed by atoms with van der Waals surface area (Å²) in [5.74, 6) is 0.0191. The highest BCUT2D eigenvalue weighted by Gasteiger charge is 2.21. The van der Waals surface area contributed by atoms with Crippen molar-refractivity contribution in [1.82, 2.24) is 10.2 Å². The number of benzene rings is 1. The molecule has 1 atom stereocenters. The molecule has 1 fully saturated rings. The van der Waals surface area contributed by atoms with Gasteiger partial charge in [0, 0.05) is 19.6 Å². The third-order valence-corrected chi connectivity index (χ3v) is 3.19.